The van der Waals surface area contributed by atoms with Gasteiger partial charge in [-0.2, -0.15) is 0 Å². The number of H-pyrrole nitrogens is 1. The van der Waals surface area contributed by atoms with Gasteiger partial charge in [0.25, 0.3) is 0 Å². The molecule has 6 rings (SSSR count). The molecule has 1 heterocycles. The molecule has 4 aliphatic carbocycles. The van der Waals surface area contributed by atoms with E-state index in [-0.39, 0.29) is 22.9 Å². The lowest BCUT2D eigenvalue weighted by molar-refractivity contribution is 0.0119. The first-order valence-electron chi connectivity index (χ1n) is 17.9. The maximum Gasteiger partial charge on any atom is 0.338 e. The molecule has 1 aromatic carbocycles. The van der Waals surface area contributed by atoms with Gasteiger partial charge in [-0.3, -0.25) is 0 Å². The molecule has 0 bridgehead atoms. The molecule has 6 heteroatoms. The Hall–Kier alpha value is -2.96. The summed E-state index contributed by atoms with van der Waals surface area (Å²) in [6.07, 6.45) is 17.8. The number of carbonyl (C=O) groups is 1. The number of allylic oxidation sites excluding steroid dienone is 3. The first kappa shape index (κ1) is 33.0. The van der Waals surface area contributed by atoms with Crippen molar-refractivity contribution in [3.63, 3.8) is 0 Å². The quantitative estimate of drug-likeness (QED) is 0.219. The highest BCUT2D eigenvalue weighted by atomic mass is 16.5. The number of aromatic amines is 1. The minimum Gasteiger partial charge on any atom is -0.458 e. The summed E-state index contributed by atoms with van der Waals surface area (Å²) < 4.78 is 6.41. The number of rotatable bonds is 11. The number of aliphatic hydroxyl groups is 2. The number of nitrogens with one attached hydrogen (secondary N) is 1. The van der Waals surface area contributed by atoms with Gasteiger partial charge in [0.2, 0.25) is 0 Å². The lowest BCUT2D eigenvalue weighted by Crippen LogP contribution is -2.37. The summed E-state index contributed by atoms with van der Waals surface area (Å²) >= 11 is 0. The van der Waals surface area contributed by atoms with Crippen LogP contribution in [0.2, 0.25) is 0 Å². The predicted molar refractivity (Wildman–Crippen MR) is 182 cm³/mol. The number of ether oxygens (including phenoxy) is 1. The third-order valence-electron chi connectivity index (χ3n) is 12.2. The second kappa shape index (κ2) is 13.6. The van der Waals surface area contributed by atoms with Crippen LogP contribution in [-0.2, 0) is 16.6 Å². The van der Waals surface area contributed by atoms with Crippen LogP contribution in [-0.4, -0.2) is 44.5 Å². The van der Waals surface area contributed by atoms with Gasteiger partial charge < -0.3 is 19.9 Å². The van der Waals surface area contributed by atoms with Gasteiger partial charge in [-0.15, -0.1) is 0 Å². The van der Waals surface area contributed by atoms with Gasteiger partial charge in [-0.1, -0.05) is 69.7 Å². The molecule has 0 amide bonds. The molecule has 3 N–H and O–H groups in total. The molecular weight excluding hydrogens is 572 g/mol. The van der Waals surface area contributed by atoms with Crippen LogP contribution >= 0.6 is 0 Å². The molecule has 4 aliphatic rings. The summed E-state index contributed by atoms with van der Waals surface area (Å²) in [7, 11) is 0. The predicted octanol–water partition coefficient (Wildman–Crippen LogP) is 8.18. The molecule has 0 spiro atoms. The Labute approximate surface area is 275 Å². The number of hydrogen-bond acceptors (Lipinski definition) is 5. The summed E-state index contributed by atoms with van der Waals surface area (Å²) in [5.41, 5.74) is 5.04. The number of fused-ring (bicyclic) bond motifs is 1. The summed E-state index contributed by atoms with van der Waals surface area (Å²) in [6.45, 7) is 11.2. The number of imidazole rings is 1. The largest absolute Gasteiger partial charge is 0.458 e. The summed E-state index contributed by atoms with van der Waals surface area (Å²) in [5.74, 6) is 2.42. The van der Waals surface area contributed by atoms with E-state index in [1.54, 1.807) is 0 Å². The minimum atomic E-state index is -0.654. The average molecular weight is 627 g/mol. The van der Waals surface area contributed by atoms with Crippen molar-refractivity contribution >= 4 is 5.97 Å². The first-order valence-corrected chi connectivity index (χ1v) is 17.9. The van der Waals surface area contributed by atoms with Gasteiger partial charge in [0.1, 0.15) is 11.9 Å². The number of hydrogen-bond donors (Lipinski definition) is 3. The smallest absolute Gasteiger partial charge is 0.338 e. The van der Waals surface area contributed by atoms with E-state index in [0.29, 0.717) is 36.2 Å². The highest BCUT2D eigenvalue weighted by Gasteiger charge is 2.56. The van der Waals surface area contributed by atoms with Crippen molar-refractivity contribution < 1.29 is 19.7 Å². The molecule has 0 aliphatic heterocycles. The van der Waals surface area contributed by atoms with Crippen LogP contribution < -0.4 is 0 Å². The molecule has 4 saturated carbocycles. The van der Waals surface area contributed by atoms with Crippen LogP contribution in [0.3, 0.4) is 0 Å². The van der Waals surface area contributed by atoms with Gasteiger partial charge in [0.05, 0.1) is 23.2 Å². The van der Waals surface area contributed by atoms with E-state index in [1.165, 1.54) is 31.3 Å². The van der Waals surface area contributed by atoms with E-state index in [0.717, 1.165) is 67.6 Å². The van der Waals surface area contributed by atoms with E-state index in [1.807, 2.05) is 36.5 Å². The summed E-state index contributed by atoms with van der Waals surface area (Å²) in [5, 5.41) is 20.6. The molecular formula is C40H54N2O4. The monoisotopic (exact) mass is 626 g/mol. The third kappa shape index (κ3) is 6.57. The SMILES string of the molecule is C=C1C(=CC=C2CCC[C@]3(C)[C@@H]([C@H](C)CC[C@@H](OC(=O)c4ccccc4)C4(c5ncc(CCC)[nH]5)CC4)CC[C@@H]23)C[C@@H](O)C[C@@H]1O. The van der Waals surface area contributed by atoms with Gasteiger partial charge in [-0.25, -0.2) is 9.78 Å². The Morgan fingerprint density at radius 2 is 1.93 bits per heavy atom. The van der Waals surface area contributed by atoms with Crippen molar-refractivity contribution in [2.75, 3.05) is 0 Å². The molecule has 1 aromatic heterocycles. The van der Waals surface area contributed by atoms with Crippen LogP contribution in [0.5, 0.6) is 0 Å². The standard InChI is InChI=1S/C40H54N2O4/c1-5-10-31-25-41-38(42-31)40(21-22-40)36(46-37(45)29-11-7-6-8-12-29)19-14-26(2)33-17-18-34-28(13-9-20-39(33,34)4)15-16-30-23-32(43)24-35(44)27(30)3/h6-8,11-12,15-16,25-26,32-36,43-44H,3,5,9-10,13-14,17-24H2,1-2,4H3,(H,41,42)/t26-,32-,33-,34+,35+,36-,39-/m1/s1. The Bertz CT molecular complexity index is 1450. The zero-order valence-corrected chi connectivity index (χ0v) is 28.1. The van der Waals surface area contributed by atoms with Crippen molar-refractivity contribution in [2.24, 2.45) is 23.2 Å². The van der Waals surface area contributed by atoms with Gasteiger partial charge in [0.15, 0.2) is 0 Å². The van der Waals surface area contributed by atoms with Crippen molar-refractivity contribution in [3.05, 3.63) is 89.1 Å². The van der Waals surface area contributed by atoms with E-state index >= 15 is 0 Å². The molecule has 2 aromatic rings. The molecule has 0 saturated heterocycles. The molecule has 4 fully saturated rings. The number of aromatic nitrogens is 2. The number of aliphatic hydroxyl groups excluding tert-OH is 2. The fourth-order valence-corrected chi connectivity index (χ4v) is 9.37. The number of benzene rings is 1. The maximum atomic E-state index is 13.4. The fourth-order valence-electron chi connectivity index (χ4n) is 9.37. The first-order chi connectivity index (χ1) is 22.1. The topological polar surface area (TPSA) is 95.4 Å². The van der Waals surface area contributed by atoms with Crippen LogP contribution in [0.1, 0.15) is 120 Å². The zero-order valence-electron chi connectivity index (χ0n) is 28.1. The molecule has 6 nitrogen and oxygen atoms in total. The lowest BCUT2D eigenvalue weighted by atomic mass is 9.60. The third-order valence-corrected chi connectivity index (χ3v) is 12.2. The fraction of sp³-hybridized carbons (Fsp3) is 0.600. The zero-order chi connectivity index (χ0) is 32.5. The number of carbonyl (C=O) groups excluding carboxylic acids is 1. The van der Waals surface area contributed by atoms with Gasteiger partial charge in [-0.05, 0) is 117 Å². The Kier molecular flexibility index (Phi) is 9.78. The molecule has 46 heavy (non-hydrogen) atoms. The normalized spacial score (nSPS) is 31.9. The Morgan fingerprint density at radius 1 is 1.15 bits per heavy atom. The Morgan fingerprint density at radius 3 is 2.67 bits per heavy atom. The second-order valence-corrected chi connectivity index (χ2v) is 15.1. The van der Waals surface area contributed by atoms with Crippen molar-refractivity contribution in [1.29, 1.82) is 0 Å². The molecule has 248 valence electrons. The van der Waals surface area contributed by atoms with Crippen molar-refractivity contribution in [1.82, 2.24) is 9.97 Å². The Balaban J connectivity index is 1.17. The van der Waals surface area contributed by atoms with E-state index in [9.17, 15) is 15.0 Å². The maximum absolute atomic E-state index is 13.4. The van der Waals surface area contributed by atoms with Crippen LogP contribution in [0, 0.1) is 23.2 Å². The molecule has 0 radical (unpaired) electrons. The highest BCUT2D eigenvalue weighted by molar-refractivity contribution is 5.89. The number of nitrogens with zero attached hydrogens (tertiary/aromatic N) is 1. The van der Waals surface area contributed by atoms with E-state index in [4.69, 9.17) is 9.72 Å². The van der Waals surface area contributed by atoms with E-state index in [2.05, 4.69) is 44.5 Å². The van der Waals surface area contributed by atoms with Crippen molar-refractivity contribution in [3.8, 4) is 0 Å². The summed E-state index contributed by atoms with van der Waals surface area (Å²) in [6, 6.07) is 9.39. The van der Waals surface area contributed by atoms with Crippen molar-refractivity contribution in [2.45, 2.75) is 128 Å². The van der Waals surface area contributed by atoms with E-state index < -0.39 is 12.2 Å². The second-order valence-electron chi connectivity index (χ2n) is 15.1. The van der Waals surface area contributed by atoms with Gasteiger partial charge >= 0.3 is 5.97 Å². The van der Waals surface area contributed by atoms with Crippen LogP contribution in [0.25, 0.3) is 0 Å². The lowest BCUT2D eigenvalue weighted by Gasteiger charge is -2.44. The molecule has 0 unspecified atom stereocenters. The molecule has 7 atom stereocenters. The average Bonchev–Trinajstić information content (AvgIpc) is 3.57. The van der Waals surface area contributed by atoms with Crippen LogP contribution in [0.4, 0.5) is 0 Å². The van der Waals surface area contributed by atoms with Crippen LogP contribution in [0.15, 0.2) is 72.0 Å². The highest BCUT2D eigenvalue weighted by Crippen LogP contribution is 2.60. The summed E-state index contributed by atoms with van der Waals surface area (Å²) in [4.78, 5) is 21.8. The number of esters is 1. The van der Waals surface area contributed by atoms with Gasteiger partial charge in [0, 0.05) is 18.3 Å². The minimum absolute atomic E-state index is 0.212. The number of aryl methyl sites for hydroxylation is 1.